The molecule has 1 unspecified atom stereocenters. The van der Waals surface area contributed by atoms with E-state index in [1.165, 1.54) is 0 Å². The predicted octanol–water partition coefficient (Wildman–Crippen LogP) is 2.02. The largest absolute Gasteiger partial charge is 0.350 e. The first-order valence-electron chi connectivity index (χ1n) is 7.89. The fourth-order valence-corrected chi connectivity index (χ4v) is 2.52. The van der Waals surface area contributed by atoms with Gasteiger partial charge in [-0.25, -0.2) is 9.67 Å². The lowest BCUT2D eigenvalue weighted by molar-refractivity contribution is -0.126. The average molecular weight is 315 g/mol. The molecule has 0 saturated heterocycles. The average Bonchev–Trinajstić information content (AvgIpc) is 2.84. The SMILES string of the molecule is CCCC(C)(N)C(=O)NCc1ccc(-n2nc(C)cc2C)nc1. The van der Waals surface area contributed by atoms with Crippen LogP contribution in [0.4, 0.5) is 0 Å². The lowest BCUT2D eigenvalue weighted by Gasteiger charge is -2.22. The highest BCUT2D eigenvalue weighted by Crippen LogP contribution is 2.11. The first kappa shape index (κ1) is 17.1. The fraction of sp³-hybridized carbons (Fsp3) is 0.471. The smallest absolute Gasteiger partial charge is 0.240 e. The molecule has 1 atom stereocenters. The number of carbonyl (C=O) groups excluding carboxylic acids is 1. The third kappa shape index (κ3) is 4.16. The van der Waals surface area contributed by atoms with Gasteiger partial charge in [-0.1, -0.05) is 19.4 Å². The summed E-state index contributed by atoms with van der Waals surface area (Å²) in [5, 5.41) is 7.28. The van der Waals surface area contributed by atoms with E-state index in [2.05, 4.69) is 15.4 Å². The van der Waals surface area contributed by atoms with Crippen molar-refractivity contribution in [2.75, 3.05) is 0 Å². The van der Waals surface area contributed by atoms with E-state index in [-0.39, 0.29) is 5.91 Å². The van der Waals surface area contributed by atoms with E-state index in [4.69, 9.17) is 5.73 Å². The van der Waals surface area contributed by atoms with Gasteiger partial charge in [0.15, 0.2) is 5.82 Å². The first-order valence-corrected chi connectivity index (χ1v) is 7.89. The van der Waals surface area contributed by atoms with Gasteiger partial charge in [0.1, 0.15) is 0 Å². The second kappa shape index (κ2) is 6.91. The molecule has 2 rings (SSSR count). The molecule has 0 aliphatic carbocycles. The van der Waals surface area contributed by atoms with Gasteiger partial charge in [-0.15, -0.1) is 0 Å². The minimum absolute atomic E-state index is 0.137. The summed E-state index contributed by atoms with van der Waals surface area (Å²) in [6.07, 6.45) is 3.28. The van der Waals surface area contributed by atoms with Gasteiger partial charge < -0.3 is 11.1 Å². The molecule has 2 aromatic rings. The van der Waals surface area contributed by atoms with Crippen molar-refractivity contribution in [2.45, 2.75) is 52.6 Å². The topological polar surface area (TPSA) is 85.8 Å². The van der Waals surface area contributed by atoms with Gasteiger partial charge >= 0.3 is 0 Å². The third-order valence-electron chi connectivity index (χ3n) is 3.78. The molecular weight excluding hydrogens is 290 g/mol. The molecule has 2 heterocycles. The molecule has 2 aromatic heterocycles. The van der Waals surface area contributed by atoms with Crippen LogP contribution in [0.3, 0.4) is 0 Å². The molecule has 1 amide bonds. The number of hydrogen-bond acceptors (Lipinski definition) is 4. The molecule has 124 valence electrons. The Morgan fingerprint density at radius 2 is 2.13 bits per heavy atom. The highest BCUT2D eigenvalue weighted by Gasteiger charge is 2.26. The van der Waals surface area contributed by atoms with Crippen molar-refractivity contribution in [3.05, 3.63) is 41.3 Å². The molecular formula is C17H25N5O. The number of nitrogens with one attached hydrogen (secondary N) is 1. The van der Waals surface area contributed by atoms with E-state index in [1.54, 1.807) is 17.8 Å². The zero-order valence-corrected chi connectivity index (χ0v) is 14.3. The highest BCUT2D eigenvalue weighted by molar-refractivity contribution is 5.85. The maximum absolute atomic E-state index is 12.1. The summed E-state index contributed by atoms with van der Waals surface area (Å²) in [7, 11) is 0. The van der Waals surface area contributed by atoms with E-state index in [0.717, 1.165) is 29.2 Å². The minimum atomic E-state index is -0.828. The third-order valence-corrected chi connectivity index (χ3v) is 3.78. The molecule has 0 bridgehead atoms. The van der Waals surface area contributed by atoms with Crippen LogP contribution in [-0.4, -0.2) is 26.2 Å². The minimum Gasteiger partial charge on any atom is -0.350 e. The highest BCUT2D eigenvalue weighted by atomic mass is 16.2. The molecule has 23 heavy (non-hydrogen) atoms. The number of aromatic nitrogens is 3. The molecule has 0 radical (unpaired) electrons. The molecule has 0 aliphatic heterocycles. The maximum atomic E-state index is 12.1. The number of amides is 1. The van der Waals surface area contributed by atoms with Crippen molar-refractivity contribution >= 4 is 5.91 Å². The predicted molar refractivity (Wildman–Crippen MR) is 90.2 cm³/mol. The number of nitrogens with zero attached hydrogens (tertiary/aromatic N) is 3. The van der Waals surface area contributed by atoms with E-state index in [0.29, 0.717) is 13.0 Å². The standard InChI is InChI=1S/C17H25N5O/c1-5-8-17(4,18)16(23)20-11-14-6-7-15(19-10-14)22-13(3)9-12(2)21-22/h6-7,9-10H,5,8,11,18H2,1-4H3,(H,20,23). The summed E-state index contributed by atoms with van der Waals surface area (Å²) in [6, 6.07) is 5.84. The van der Waals surface area contributed by atoms with Crippen LogP contribution >= 0.6 is 0 Å². The van der Waals surface area contributed by atoms with Gasteiger partial charge in [-0.05, 0) is 44.9 Å². The van der Waals surface area contributed by atoms with Gasteiger partial charge in [0.2, 0.25) is 5.91 Å². The Morgan fingerprint density at radius 1 is 1.39 bits per heavy atom. The first-order chi connectivity index (χ1) is 10.8. The van der Waals surface area contributed by atoms with Crippen LogP contribution in [0.5, 0.6) is 0 Å². The number of carbonyl (C=O) groups is 1. The van der Waals surface area contributed by atoms with Crippen molar-refractivity contribution in [2.24, 2.45) is 5.73 Å². The van der Waals surface area contributed by atoms with Crippen LogP contribution in [0.25, 0.3) is 5.82 Å². The molecule has 0 aromatic carbocycles. The summed E-state index contributed by atoms with van der Waals surface area (Å²) in [5.74, 6) is 0.627. The van der Waals surface area contributed by atoms with Crippen molar-refractivity contribution in [1.29, 1.82) is 0 Å². The van der Waals surface area contributed by atoms with Gasteiger partial charge in [-0.2, -0.15) is 5.10 Å². The fourth-order valence-electron chi connectivity index (χ4n) is 2.52. The van der Waals surface area contributed by atoms with Gasteiger partial charge in [-0.3, -0.25) is 4.79 Å². The molecule has 0 spiro atoms. The summed E-state index contributed by atoms with van der Waals surface area (Å²) >= 11 is 0. The normalized spacial score (nSPS) is 13.6. The van der Waals surface area contributed by atoms with Crippen molar-refractivity contribution < 1.29 is 4.79 Å². The molecule has 0 fully saturated rings. The summed E-state index contributed by atoms with van der Waals surface area (Å²) in [5.41, 5.74) is 8.11. The second-order valence-corrected chi connectivity index (χ2v) is 6.21. The quantitative estimate of drug-likeness (QED) is 0.854. The maximum Gasteiger partial charge on any atom is 0.240 e. The van der Waals surface area contributed by atoms with E-state index < -0.39 is 5.54 Å². The van der Waals surface area contributed by atoms with Gasteiger partial charge in [0.05, 0.1) is 11.2 Å². The lowest BCUT2D eigenvalue weighted by atomic mass is 9.96. The molecule has 3 N–H and O–H groups in total. The van der Waals surface area contributed by atoms with Crippen molar-refractivity contribution in [1.82, 2.24) is 20.1 Å². The Bertz CT molecular complexity index is 673. The van der Waals surface area contributed by atoms with E-state index >= 15 is 0 Å². The molecule has 0 aliphatic rings. The number of nitrogens with two attached hydrogens (primary N) is 1. The van der Waals surface area contributed by atoms with Gasteiger partial charge in [0.25, 0.3) is 0 Å². The Balaban J connectivity index is 2.01. The zero-order chi connectivity index (χ0) is 17.0. The molecule has 6 heteroatoms. The van der Waals surface area contributed by atoms with E-state index in [9.17, 15) is 4.79 Å². The molecule has 6 nitrogen and oxygen atoms in total. The van der Waals surface area contributed by atoms with Crippen molar-refractivity contribution in [3.8, 4) is 5.82 Å². The summed E-state index contributed by atoms with van der Waals surface area (Å²) in [6.45, 7) is 8.13. The van der Waals surface area contributed by atoms with Crippen LogP contribution in [0.1, 0.15) is 43.6 Å². The van der Waals surface area contributed by atoms with Crippen LogP contribution < -0.4 is 11.1 Å². The number of hydrogen-bond donors (Lipinski definition) is 2. The number of rotatable bonds is 6. The van der Waals surface area contributed by atoms with Crippen LogP contribution in [0, 0.1) is 13.8 Å². The Hall–Kier alpha value is -2.21. The Labute approximate surface area is 137 Å². The monoisotopic (exact) mass is 315 g/mol. The summed E-state index contributed by atoms with van der Waals surface area (Å²) < 4.78 is 1.80. The Morgan fingerprint density at radius 3 is 2.65 bits per heavy atom. The number of pyridine rings is 1. The summed E-state index contributed by atoms with van der Waals surface area (Å²) in [4.78, 5) is 16.5. The van der Waals surface area contributed by atoms with Crippen LogP contribution in [0.2, 0.25) is 0 Å². The van der Waals surface area contributed by atoms with Gasteiger partial charge in [0, 0.05) is 18.4 Å². The second-order valence-electron chi connectivity index (χ2n) is 6.21. The van der Waals surface area contributed by atoms with Crippen LogP contribution in [-0.2, 0) is 11.3 Å². The van der Waals surface area contributed by atoms with E-state index in [1.807, 2.05) is 39.0 Å². The number of aryl methyl sites for hydroxylation is 2. The Kier molecular flexibility index (Phi) is 5.15. The lowest BCUT2D eigenvalue weighted by Crippen LogP contribution is -2.51. The molecule has 0 saturated carbocycles. The zero-order valence-electron chi connectivity index (χ0n) is 14.3. The van der Waals surface area contributed by atoms with Crippen molar-refractivity contribution in [3.63, 3.8) is 0 Å². The van der Waals surface area contributed by atoms with Crippen LogP contribution in [0.15, 0.2) is 24.4 Å².